The Morgan fingerprint density at radius 2 is 1.88 bits per heavy atom. The van der Waals surface area contributed by atoms with Crippen molar-refractivity contribution in [2.24, 2.45) is 5.10 Å². The van der Waals surface area contributed by atoms with Crippen LogP contribution >= 0.6 is 0 Å². The van der Waals surface area contributed by atoms with Crippen molar-refractivity contribution in [3.63, 3.8) is 0 Å². The quantitative estimate of drug-likeness (QED) is 0.684. The Morgan fingerprint density at radius 1 is 1.24 bits per heavy atom. The zero-order valence-corrected chi connectivity index (χ0v) is 13.6. The van der Waals surface area contributed by atoms with E-state index in [4.69, 9.17) is 0 Å². The minimum Gasteiger partial charge on any atom is -0.365 e. The fourth-order valence-corrected chi connectivity index (χ4v) is 2.89. The second-order valence-corrected chi connectivity index (χ2v) is 5.77. The maximum atomic E-state index is 13.0. The molecule has 1 heterocycles. The number of para-hydroxylation sites is 1. The van der Waals surface area contributed by atoms with E-state index in [1.807, 2.05) is 6.92 Å². The average Bonchev–Trinajstić information content (AvgIpc) is 3.00. The van der Waals surface area contributed by atoms with Crippen molar-refractivity contribution < 1.29 is 14.8 Å². The number of aliphatic hydroxyl groups is 1. The summed E-state index contributed by atoms with van der Waals surface area (Å²) in [7, 11) is 0. The Balaban J connectivity index is 2.08. The van der Waals surface area contributed by atoms with E-state index >= 15 is 0 Å². The highest BCUT2D eigenvalue weighted by Crippen LogP contribution is 2.37. The van der Waals surface area contributed by atoms with E-state index < -0.39 is 16.6 Å². The highest BCUT2D eigenvalue weighted by molar-refractivity contribution is 6.01. The van der Waals surface area contributed by atoms with Gasteiger partial charge in [0, 0.05) is 23.8 Å². The number of hydrazone groups is 1. The molecule has 1 atom stereocenters. The lowest BCUT2D eigenvalue weighted by Crippen LogP contribution is -2.43. The van der Waals surface area contributed by atoms with Crippen LogP contribution in [-0.2, 0) is 5.72 Å². The summed E-state index contributed by atoms with van der Waals surface area (Å²) in [6, 6.07) is 14.4. The van der Waals surface area contributed by atoms with E-state index in [9.17, 15) is 20.0 Å². The third kappa shape index (κ3) is 2.89. The second kappa shape index (κ2) is 6.45. The molecule has 7 nitrogen and oxygen atoms in total. The number of carbonyl (C=O) groups excluding carboxylic acids is 1. The van der Waals surface area contributed by atoms with Gasteiger partial charge in [-0.3, -0.25) is 14.9 Å². The van der Waals surface area contributed by atoms with Crippen molar-refractivity contribution >= 4 is 17.3 Å². The summed E-state index contributed by atoms with van der Waals surface area (Å²) >= 11 is 0. The monoisotopic (exact) mass is 339 g/mol. The molecule has 0 unspecified atom stereocenters. The molecule has 1 aliphatic rings. The molecule has 0 radical (unpaired) electrons. The highest BCUT2D eigenvalue weighted by Gasteiger charge is 2.46. The fourth-order valence-electron chi connectivity index (χ4n) is 2.89. The predicted molar refractivity (Wildman–Crippen MR) is 91.9 cm³/mol. The summed E-state index contributed by atoms with van der Waals surface area (Å²) in [6.07, 6.45) is 0.732. The van der Waals surface area contributed by atoms with Crippen LogP contribution in [0.4, 0.5) is 5.69 Å². The van der Waals surface area contributed by atoms with Crippen LogP contribution in [0.5, 0.6) is 0 Å². The van der Waals surface area contributed by atoms with E-state index in [1.54, 1.807) is 36.4 Å². The van der Waals surface area contributed by atoms with E-state index in [0.717, 1.165) is 5.01 Å². The van der Waals surface area contributed by atoms with Crippen LogP contribution in [0, 0.1) is 10.1 Å². The van der Waals surface area contributed by atoms with Crippen molar-refractivity contribution in [3.8, 4) is 0 Å². The van der Waals surface area contributed by atoms with Crippen LogP contribution in [0.1, 0.15) is 35.7 Å². The second-order valence-electron chi connectivity index (χ2n) is 5.77. The molecule has 3 rings (SSSR count). The summed E-state index contributed by atoms with van der Waals surface area (Å²) in [5.41, 5.74) is -0.925. The van der Waals surface area contributed by atoms with Gasteiger partial charge in [0.15, 0.2) is 5.72 Å². The van der Waals surface area contributed by atoms with E-state index in [2.05, 4.69) is 5.10 Å². The van der Waals surface area contributed by atoms with Crippen LogP contribution in [0.25, 0.3) is 0 Å². The van der Waals surface area contributed by atoms with Crippen molar-refractivity contribution in [1.29, 1.82) is 0 Å². The number of hydrogen-bond donors (Lipinski definition) is 1. The number of carbonyl (C=O) groups is 1. The predicted octanol–water partition coefficient (Wildman–Crippen LogP) is 3.05. The van der Waals surface area contributed by atoms with Gasteiger partial charge in [-0.1, -0.05) is 49.4 Å². The summed E-state index contributed by atoms with van der Waals surface area (Å²) in [5.74, 6) is -0.706. The third-order valence-corrected chi connectivity index (χ3v) is 4.21. The molecule has 1 aliphatic heterocycles. The van der Waals surface area contributed by atoms with Gasteiger partial charge in [0.05, 0.1) is 4.92 Å². The summed E-state index contributed by atoms with van der Waals surface area (Å²) in [5, 5.41) is 27.6. The molecule has 1 amide bonds. The van der Waals surface area contributed by atoms with Crippen LogP contribution in [0.15, 0.2) is 59.7 Å². The van der Waals surface area contributed by atoms with E-state index in [-0.39, 0.29) is 17.7 Å². The molecule has 1 N–H and O–H groups in total. The molecular weight excluding hydrogens is 322 g/mol. The van der Waals surface area contributed by atoms with Crippen LogP contribution < -0.4 is 0 Å². The number of nitrogens with zero attached hydrogens (tertiary/aromatic N) is 3. The van der Waals surface area contributed by atoms with Gasteiger partial charge in [-0.05, 0) is 12.5 Å². The number of nitro groups is 1. The lowest BCUT2D eigenvalue weighted by Gasteiger charge is -2.31. The molecular formula is C18H17N3O4. The minimum atomic E-state index is -1.66. The molecule has 2 aromatic carbocycles. The maximum Gasteiger partial charge on any atom is 0.283 e. The first-order valence-corrected chi connectivity index (χ1v) is 7.89. The van der Waals surface area contributed by atoms with Crippen molar-refractivity contribution in [3.05, 3.63) is 75.8 Å². The van der Waals surface area contributed by atoms with E-state index in [1.165, 1.54) is 18.2 Å². The Labute approximate surface area is 144 Å². The van der Waals surface area contributed by atoms with Gasteiger partial charge in [-0.2, -0.15) is 10.1 Å². The molecule has 2 aromatic rings. The molecule has 0 aliphatic carbocycles. The first-order chi connectivity index (χ1) is 12.0. The van der Waals surface area contributed by atoms with Gasteiger partial charge in [-0.15, -0.1) is 0 Å². The number of rotatable bonds is 4. The smallest absolute Gasteiger partial charge is 0.283 e. The van der Waals surface area contributed by atoms with Crippen molar-refractivity contribution in [1.82, 2.24) is 5.01 Å². The van der Waals surface area contributed by atoms with Crippen LogP contribution in [0.2, 0.25) is 0 Å². The lowest BCUT2D eigenvalue weighted by atomic mass is 9.96. The normalized spacial score (nSPS) is 19.6. The zero-order valence-electron chi connectivity index (χ0n) is 13.6. The van der Waals surface area contributed by atoms with Crippen molar-refractivity contribution in [2.45, 2.75) is 25.5 Å². The van der Waals surface area contributed by atoms with Gasteiger partial charge in [-0.25, -0.2) is 0 Å². The molecule has 0 saturated heterocycles. The van der Waals surface area contributed by atoms with Gasteiger partial charge < -0.3 is 5.11 Å². The summed E-state index contributed by atoms with van der Waals surface area (Å²) in [6.45, 7) is 1.88. The molecule has 0 bridgehead atoms. The molecule has 0 aromatic heterocycles. The molecule has 0 fully saturated rings. The first kappa shape index (κ1) is 16.8. The Morgan fingerprint density at radius 3 is 2.52 bits per heavy atom. The zero-order chi connectivity index (χ0) is 18.0. The van der Waals surface area contributed by atoms with Gasteiger partial charge >= 0.3 is 0 Å². The molecule has 25 heavy (non-hydrogen) atoms. The molecule has 128 valence electrons. The van der Waals surface area contributed by atoms with Gasteiger partial charge in [0.2, 0.25) is 0 Å². The number of nitro benzene ring substituents is 1. The standard InChI is InChI=1S/C18H17N3O4/c1-2-14-12-18(23,13-8-4-3-5-9-13)20(19-14)17(22)15-10-6-7-11-16(15)21(24)25/h3-11,23H,2,12H2,1H3/t18-/m0/s1. The Hall–Kier alpha value is -3.06. The fraction of sp³-hybridized carbons (Fsp3) is 0.222. The van der Waals surface area contributed by atoms with Crippen LogP contribution in [-0.4, -0.2) is 26.7 Å². The maximum absolute atomic E-state index is 13.0. The largest absolute Gasteiger partial charge is 0.365 e. The molecule has 0 spiro atoms. The summed E-state index contributed by atoms with van der Waals surface area (Å²) < 4.78 is 0. The Bertz CT molecular complexity index is 850. The minimum absolute atomic E-state index is 0.108. The molecule has 0 saturated carbocycles. The lowest BCUT2D eigenvalue weighted by molar-refractivity contribution is -0.385. The van der Waals surface area contributed by atoms with E-state index in [0.29, 0.717) is 17.7 Å². The van der Waals surface area contributed by atoms with Crippen molar-refractivity contribution in [2.75, 3.05) is 0 Å². The van der Waals surface area contributed by atoms with Crippen LogP contribution in [0.3, 0.4) is 0 Å². The number of amides is 1. The molecule has 7 heteroatoms. The highest BCUT2D eigenvalue weighted by atomic mass is 16.6. The third-order valence-electron chi connectivity index (χ3n) is 4.21. The van der Waals surface area contributed by atoms with Gasteiger partial charge in [0.25, 0.3) is 11.6 Å². The Kier molecular flexibility index (Phi) is 4.33. The topological polar surface area (TPSA) is 96.0 Å². The number of hydrogen-bond acceptors (Lipinski definition) is 5. The first-order valence-electron chi connectivity index (χ1n) is 7.89. The number of benzene rings is 2. The SMILES string of the molecule is CCC1=NN(C(=O)c2ccccc2[N+](=O)[O-])[C@@](O)(c2ccccc2)C1. The van der Waals surface area contributed by atoms with Gasteiger partial charge in [0.1, 0.15) is 5.56 Å². The summed E-state index contributed by atoms with van der Waals surface area (Å²) in [4.78, 5) is 23.6. The average molecular weight is 339 g/mol.